The fourth-order valence-electron chi connectivity index (χ4n) is 4.47. The number of para-hydroxylation sites is 1. The highest BCUT2D eigenvalue weighted by Gasteiger charge is 2.81. The molecule has 1 aromatic carbocycles. The first-order chi connectivity index (χ1) is 17.3. The van der Waals surface area contributed by atoms with Gasteiger partial charge in [0.05, 0.1) is 24.7 Å². The summed E-state index contributed by atoms with van der Waals surface area (Å²) in [5, 5.41) is 13.5. The Labute approximate surface area is 218 Å². The number of anilines is 1. The first-order valence-corrected chi connectivity index (χ1v) is 14.3. The third-order valence-corrected chi connectivity index (χ3v) is 8.73. The molecule has 0 radical (unpaired) electrons. The number of nitrogens with two attached hydrogens (primary N) is 1. The highest BCUT2D eigenvalue weighted by Crippen LogP contribution is 2.66. The summed E-state index contributed by atoms with van der Waals surface area (Å²) in [6.45, 7) is 2.39. The summed E-state index contributed by atoms with van der Waals surface area (Å²) in [6.07, 6.45) is -1.67. The molecule has 1 aliphatic heterocycles. The summed E-state index contributed by atoms with van der Waals surface area (Å²) >= 11 is 5.69. The number of carbonyl (C=O) groups is 1. The largest absolute Gasteiger partial charge is 0.462 e. The van der Waals surface area contributed by atoms with Crippen molar-refractivity contribution < 1.29 is 32.8 Å². The second kappa shape index (κ2) is 10.0. The molecule has 0 bridgehead atoms. The monoisotopic (exact) mass is 556 g/mol. The number of nitrogens with one attached hydrogen (secondary N) is 1. The minimum absolute atomic E-state index is 0.0158. The van der Waals surface area contributed by atoms with Gasteiger partial charge < -0.3 is 29.4 Å². The van der Waals surface area contributed by atoms with Crippen LogP contribution in [0.25, 0.3) is 0 Å². The zero-order chi connectivity index (χ0) is 27.2. The Morgan fingerprint density at radius 1 is 1.35 bits per heavy atom. The molecular weight excluding hydrogens is 526 g/mol. The summed E-state index contributed by atoms with van der Waals surface area (Å²) in [7, 11) is 0. The van der Waals surface area contributed by atoms with Gasteiger partial charge in [-0.1, -0.05) is 18.2 Å². The predicted molar refractivity (Wildman–Crippen MR) is 136 cm³/mol. The number of nitrogen functional groups attached to an aromatic ring is 1. The van der Waals surface area contributed by atoms with E-state index in [1.54, 1.807) is 51.1 Å². The van der Waals surface area contributed by atoms with Gasteiger partial charge in [-0.25, -0.2) is 14.3 Å². The molecule has 1 saturated carbocycles. The molecule has 37 heavy (non-hydrogen) atoms. The van der Waals surface area contributed by atoms with Gasteiger partial charge >= 0.3 is 18.3 Å². The van der Waals surface area contributed by atoms with E-state index in [9.17, 15) is 14.7 Å². The number of fused-ring (bicyclic) bond motifs is 1. The van der Waals surface area contributed by atoms with Crippen LogP contribution in [0.1, 0.15) is 33.9 Å². The van der Waals surface area contributed by atoms with Gasteiger partial charge in [-0.15, -0.1) is 0 Å². The number of rotatable bonds is 10. The van der Waals surface area contributed by atoms with Gasteiger partial charge in [0.25, 0.3) is 0 Å². The van der Waals surface area contributed by atoms with Crippen LogP contribution in [0.15, 0.2) is 47.4 Å². The number of halogens is 1. The lowest BCUT2D eigenvalue weighted by Gasteiger charge is -2.30. The summed E-state index contributed by atoms with van der Waals surface area (Å²) in [5.41, 5.74) is 1.11. The SMILES string of the molecule is CC(C)OC(=O)C(C)NP(=S)(OC[C@]12O[C@@H](n3ccc(N)nc3=O)C(C)(F)C1[C@H]2O)Oc1ccccc1. The molecule has 0 amide bonds. The number of aliphatic hydroxyl groups is 1. The Bertz CT molecular complexity index is 1260. The zero-order valence-electron chi connectivity index (χ0n) is 20.7. The Balaban J connectivity index is 1.56. The number of nitrogens with zero attached hydrogens (tertiary/aromatic N) is 2. The first-order valence-electron chi connectivity index (χ1n) is 11.7. The number of aromatic nitrogens is 2. The molecule has 4 unspecified atom stereocenters. The van der Waals surface area contributed by atoms with E-state index in [0.29, 0.717) is 5.75 Å². The number of ether oxygens (including phenoxy) is 2. The first kappa shape index (κ1) is 27.6. The number of esters is 1. The molecule has 1 aliphatic carbocycles. The lowest BCUT2D eigenvalue weighted by molar-refractivity contribution is -0.149. The summed E-state index contributed by atoms with van der Waals surface area (Å²) in [5.74, 6) is -1.21. The van der Waals surface area contributed by atoms with E-state index in [-0.39, 0.29) is 18.5 Å². The zero-order valence-corrected chi connectivity index (χ0v) is 22.4. The van der Waals surface area contributed by atoms with Crippen molar-refractivity contribution in [2.75, 3.05) is 12.3 Å². The lowest BCUT2D eigenvalue weighted by Crippen LogP contribution is -2.40. The summed E-state index contributed by atoms with van der Waals surface area (Å²) < 4.78 is 40.0. The highest BCUT2D eigenvalue weighted by molar-refractivity contribution is 8.09. The second-order valence-corrected chi connectivity index (χ2v) is 12.7. The van der Waals surface area contributed by atoms with Crippen molar-refractivity contribution in [1.29, 1.82) is 0 Å². The number of aliphatic hydroxyl groups excluding tert-OH is 1. The maximum atomic E-state index is 15.9. The van der Waals surface area contributed by atoms with Gasteiger partial charge in [0, 0.05) is 6.20 Å². The third-order valence-electron chi connectivity index (χ3n) is 6.25. The number of alkyl halides is 1. The minimum atomic E-state index is -3.47. The smallest absolute Gasteiger partial charge is 0.351 e. The molecular formula is C23H30FN4O7PS. The average Bonchev–Trinajstić information content (AvgIpc) is 3.31. The van der Waals surface area contributed by atoms with Crippen LogP contribution >= 0.6 is 6.64 Å². The molecule has 4 N–H and O–H groups in total. The second-order valence-electron chi connectivity index (χ2n) is 9.55. The van der Waals surface area contributed by atoms with Crippen LogP contribution in [-0.4, -0.2) is 56.8 Å². The van der Waals surface area contributed by atoms with Crippen LogP contribution in [0.2, 0.25) is 0 Å². The summed E-state index contributed by atoms with van der Waals surface area (Å²) in [6, 6.07) is 9.05. The predicted octanol–water partition coefficient (Wildman–Crippen LogP) is 2.06. The van der Waals surface area contributed by atoms with E-state index < -0.39 is 53.9 Å². The van der Waals surface area contributed by atoms with Crippen LogP contribution in [0.4, 0.5) is 10.2 Å². The standard InChI is InChI=1S/C23H30FN4O7PS/c1-13(2)33-19(30)14(3)27-36(37,35-15-8-6-5-7-9-15)32-12-23-17(18(23)29)22(4,24)20(34-23)28-11-10-16(25)26-21(28)31/h5-11,13-14,17-18,20,29H,12H2,1-4H3,(H,27,37)(H2,25,26,31)/t14?,17?,18-,20-,22?,23+,36?/m1/s1. The minimum Gasteiger partial charge on any atom is -0.462 e. The average molecular weight is 557 g/mol. The van der Waals surface area contributed by atoms with E-state index in [2.05, 4.69) is 10.1 Å². The number of hydrogen-bond donors (Lipinski definition) is 3. The van der Waals surface area contributed by atoms with Crippen molar-refractivity contribution in [1.82, 2.24) is 14.6 Å². The lowest BCUT2D eigenvalue weighted by atomic mass is 10.0. The molecule has 7 atom stereocenters. The Hall–Kier alpha value is -2.41. The molecule has 2 heterocycles. The molecule has 11 nitrogen and oxygen atoms in total. The molecule has 0 spiro atoms. The van der Waals surface area contributed by atoms with Crippen molar-refractivity contribution in [3.05, 3.63) is 53.1 Å². The van der Waals surface area contributed by atoms with E-state index in [0.717, 1.165) is 4.57 Å². The number of carbonyl (C=O) groups excluding carboxylic acids is 1. The third kappa shape index (κ3) is 5.43. The van der Waals surface area contributed by atoms with Crippen LogP contribution in [0.3, 0.4) is 0 Å². The van der Waals surface area contributed by atoms with Crippen molar-refractivity contribution in [2.45, 2.75) is 63.4 Å². The fraction of sp³-hybridized carbons (Fsp3) is 0.522. The molecule has 2 fully saturated rings. The maximum absolute atomic E-state index is 15.9. The van der Waals surface area contributed by atoms with Gasteiger partial charge in [0.15, 0.2) is 11.9 Å². The van der Waals surface area contributed by atoms with E-state index in [4.69, 9.17) is 36.1 Å². The highest BCUT2D eigenvalue weighted by atomic mass is 32.5. The summed E-state index contributed by atoms with van der Waals surface area (Å²) in [4.78, 5) is 28.4. The van der Waals surface area contributed by atoms with Crippen LogP contribution in [-0.2, 0) is 30.6 Å². The molecule has 4 rings (SSSR count). The molecule has 1 aromatic heterocycles. The molecule has 2 aliphatic rings. The quantitative estimate of drug-likeness (QED) is 0.292. The van der Waals surface area contributed by atoms with Crippen LogP contribution < -0.4 is 21.0 Å². The fourth-order valence-corrected chi connectivity index (χ4v) is 6.89. The topological polar surface area (TPSA) is 147 Å². The van der Waals surface area contributed by atoms with Gasteiger partial charge in [0.1, 0.15) is 23.2 Å². The van der Waals surface area contributed by atoms with Crippen molar-refractivity contribution in [2.24, 2.45) is 5.92 Å². The Morgan fingerprint density at radius 2 is 2.03 bits per heavy atom. The number of hydrogen-bond acceptors (Lipinski definition) is 10. The number of benzene rings is 1. The van der Waals surface area contributed by atoms with Gasteiger partial charge in [0.2, 0.25) is 0 Å². The van der Waals surface area contributed by atoms with Crippen molar-refractivity contribution in [3.63, 3.8) is 0 Å². The van der Waals surface area contributed by atoms with E-state index in [1.807, 2.05) is 0 Å². The van der Waals surface area contributed by atoms with E-state index >= 15 is 4.39 Å². The molecule has 1 saturated heterocycles. The van der Waals surface area contributed by atoms with Gasteiger partial charge in [-0.3, -0.25) is 9.36 Å². The molecule has 14 heteroatoms. The normalized spacial score (nSPS) is 30.8. The van der Waals surface area contributed by atoms with Crippen molar-refractivity contribution in [3.8, 4) is 5.75 Å². The Morgan fingerprint density at radius 3 is 2.65 bits per heavy atom. The maximum Gasteiger partial charge on any atom is 0.351 e. The van der Waals surface area contributed by atoms with Gasteiger partial charge in [-0.05, 0) is 57.7 Å². The molecule has 2 aromatic rings. The Kier molecular flexibility index (Phi) is 7.50. The van der Waals surface area contributed by atoms with Gasteiger partial charge in [-0.2, -0.15) is 4.98 Å². The molecule has 202 valence electrons. The van der Waals surface area contributed by atoms with Crippen molar-refractivity contribution >= 4 is 30.2 Å². The van der Waals surface area contributed by atoms with E-state index in [1.165, 1.54) is 19.2 Å². The van der Waals surface area contributed by atoms with Crippen LogP contribution in [0, 0.1) is 5.92 Å². The van der Waals surface area contributed by atoms with Crippen LogP contribution in [0.5, 0.6) is 5.75 Å².